The van der Waals surface area contributed by atoms with Crippen LogP contribution in [0.3, 0.4) is 0 Å². The van der Waals surface area contributed by atoms with Crippen LogP contribution in [0.2, 0.25) is 0 Å². The van der Waals surface area contributed by atoms with E-state index >= 15 is 0 Å². The molecule has 1 N–H and O–H groups in total. The highest BCUT2D eigenvalue weighted by Crippen LogP contribution is 2.22. The summed E-state index contributed by atoms with van der Waals surface area (Å²) >= 11 is 0. The Morgan fingerprint density at radius 3 is 2.29 bits per heavy atom. The second kappa shape index (κ2) is 8.43. The van der Waals surface area contributed by atoms with E-state index in [4.69, 9.17) is 4.74 Å². The molecule has 2 aromatic carbocycles. The topological polar surface area (TPSA) is 75.7 Å². The lowest BCUT2D eigenvalue weighted by Gasteiger charge is -2.34. The van der Waals surface area contributed by atoms with E-state index in [1.54, 1.807) is 12.1 Å². The van der Waals surface area contributed by atoms with Crippen LogP contribution in [0.5, 0.6) is 0 Å². The van der Waals surface area contributed by atoms with Gasteiger partial charge in [0.2, 0.25) is 15.9 Å². The number of amides is 1. The molecule has 1 amide bonds. The number of nitrogens with zero attached hydrogens (tertiary/aromatic N) is 1. The van der Waals surface area contributed by atoms with E-state index < -0.39 is 10.0 Å². The molecule has 2 aromatic rings. The van der Waals surface area contributed by atoms with Crippen molar-refractivity contribution in [3.63, 3.8) is 0 Å². The Labute approximate surface area is 166 Å². The molecule has 0 aliphatic carbocycles. The molecule has 0 bridgehead atoms. The Kier molecular flexibility index (Phi) is 6.17. The van der Waals surface area contributed by atoms with E-state index in [0.29, 0.717) is 18.8 Å². The smallest absolute Gasteiger partial charge is 0.243 e. The van der Waals surface area contributed by atoms with Crippen molar-refractivity contribution in [1.82, 2.24) is 4.31 Å². The van der Waals surface area contributed by atoms with Crippen molar-refractivity contribution < 1.29 is 17.9 Å². The van der Waals surface area contributed by atoms with Crippen LogP contribution < -0.4 is 5.32 Å². The van der Waals surface area contributed by atoms with E-state index in [1.165, 1.54) is 16.4 Å². The van der Waals surface area contributed by atoms with Crippen LogP contribution in [-0.4, -0.2) is 43.9 Å². The lowest BCUT2D eigenvalue weighted by atomic mass is 10.1. The van der Waals surface area contributed by atoms with Gasteiger partial charge in [-0.3, -0.25) is 4.79 Å². The van der Waals surface area contributed by atoms with Crippen LogP contribution in [0.4, 0.5) is 5.69 Å². The maximum atomic E-state index is 12.9. The van der Waals surface area contributed by atoms with E-state index in [9.17, 15) is 13.2 Å². The number of hydrogen-bond donors (Lipinski definition) is 1. The molecule has 7 heteroatoms. The van der Waals surface area contributed by atoms with Crippen LogP contribution in [0.25, 0.3) is 0 Å². The Bertz CT molecular complexity index is 931. The van der Waals surface area contributed by atoms with Gasteiger partial charge in [-0.15, -0.1) is 0 Å². The Hall–Kier alpha value is -2.22. The van der Waals surface area contributed by atoms with Crippen molar-refractivity contribution in [1.29, 1.82) is 0 Å². The minimum Gasteiger partial charge on any atom is -0.373 e. The quantitative estimate of drug-likeness (QED) is 0.834. The minimum atomic E-state index is -3.59. The number of benzene rings is 2. The monoisotopic (exact) mass is 402 g/mol. The molecule has 2 atom stereocenters. The number of anilines is 1. The third-order valence-electron chi connectivity index (χ3n) is 4.77. The summed E-state index contributed by atoms with van der Waals surface area (Å²) in [7, 11) is -3.59. The van der Waals surface area contributed by atoms with Crippen molar-refractivity contribution in [2.75, 3.05) is 18.4 Å². The largest absolute Gasteiger partial charge is 0.373 e. The van der Waals surface area contributed by atoms with Gasteiger partial charge in [-0.25, -0.2) is 8.42 Å². The van der Waals surface area contributed by atoms with Crippen molar-refractivity contribution in [2.24, 2.45) is 0 Å². The molecule has 1 heterocycles. The second-order valence-electron chi connectivity index (χ2n) is 7.26. The molecule has 3 rings (SSSR count). The second-order valence-corrected chi connectivity index (χ2v) is 9.19. The fraction of sp³-hybridized carbons (Fsp3) is 0.381. The number of aryl methyl sites for hydroxylation is 1. The first-order chi connectivity index (χ1) is 13.3. The summed E-state index contributed by atoms with van der Waals surface area (Å²) in [5, 5.41) is 2.82. The number of carbonyl (C=O) groups excluding carboxylic acids is 1. The number of hydrogen-bond acceptors (Lipinski definition) is 4. The fourth-order valence-corrected chi connectivity index (χ4v) is 4.96. The minimum absolute atomic E-state index is 0.138. The molecule has 0 radical (unpaired) electrons. The van der Waals surface area contributed by atoms with Crippen LogP contribution in [0.15, 0.2) is 53.4 Å². The highest BCUT2D eigenvalue weighted by molar-refractivity contribution is 7.89. The van der Waals surface area contributed by atoms with E-state index in [-0.39, 0.29) is 29.4 Å². The normalized spacial score (nSPS) is 20.7. The average molecular weight is 403 g/mol. The van der Waals surface area contributed by atoms with Gasteiger partial charge in [-0.05, 0) is 56.2 Å². The van der Waals surface area contributed by atoms with Crippen molar-refractivity contribution in [2.45, 2.75) is 44.3 Å². The molecule has 6 nitrogen and oxygen atoms in total. The Morgan fingerprint density at radius 2 is 1.68 bits per heavy atom. The van der Waals surface area contributed by atoms with Gasteiger partial charge in [0.1, 0.15) is 0 Å². The van der Waals surface area contributed by atoms with Gasteiger partial charge < -0.3 is 10.1 Å². The molecule has 28 heavy (non-hydrogen) atoms. The number of rotatable bonds is 5. The highest BCUT2D eigenvalue weighted by Gasteiger charge is 2.32. The molecule has 0 aromatic heterocycles. The summed E-state index contributed by atoms with van der Waals surface area (Å²) in [6.45, 7) is 6.37. The summed E-state index contributed by atoms with van der Waals surface area (Å²) in [4.78, 5) is 12.5. The molecule has 150 valence electrons. The van der Waals surface area contributed by atoms with Crippen molar-refractivity contribution >= 4 is 21.6 Å². The SMILES string of the molecule is Cc1ccccc1CC(=O)Nc1ccc(S(=O)(=O)N2CC(C)OC(C)C2)cc1. The maximum absolute atomic E-state index is 12.9. The fourth-order valence-electron chi connectivity index (χ4n) is 3.37. The summed E-state index contributed by atoms with van der Waals surface area (Å²) in [6.07, 6.45) is -0.00642. The Morgan fingerprint density at radius 1 is 1.07 bits per heavy atom. The van der Waals surface area contributed by atoms with Crippen LogP contribution in [0.1, 0.15) is 25.0 Å². The Balaban J connectivity index is 1.67. The van der Waals surface area contributed by atoms with Gasteiger partial charge in [0.05, 0.1) is 23.5 Å². The molecular weight excluding hydrogens is 376 g/mol. The van der Waals surface area contributed by atoms with Gasteiger partial charge in [-0.1, -0.05) is 24.3 Å². The average Bonchev–Trinajstić information content (AvgIpc) is 2.63. The molecule has 2 unspecified atom stereocenters. The van der Waals surface area contributed by atoms with Gasteiger partial charge in [0, 0.05) is 18.8 Å². The van der Waals surface area contributed by atoms with E-state index in [1.807, 2.05) is 45.0 Å². The molecule has 1 aliphatic heterocycles. The number of carbonyl (C=O) groups is 1. The number of morpholine rings is 1. The first kappa shape index (κ1) is 20.5. The molecule has 0 saturated carbocycles. The maximum Gasteiger partial charge on any atom is 0.243 e. The first-order valence-corrected chi connectivity index (χ1v) is 10.8. The third kappa shape index (κ3) is 4.79. The highest BCUT2D eigenvalue weighted by atomic mass is 32.2. The molecular formula is C21H26N2O4S. The van der Waals surface area contributed by atoms with Crippen molar-refractivity contribution in [3.8, 4) is 0 Å². The number of nitrogens with one attached hydrogen (secondary N) is 1. The van der Waals surface area contributed by atoms with Crippen LogP contribution in [-0.2, 0) is 26.0 Å². The number of sulfonamides is 1. The van der Waals surface area contributed by atoms with Gasteiger partial charge in [-0.2, -0.15) is 4.31 Å². The molecule has 1 saturated heterocycles. The summed E-state index contributed by atoms with van der Waals surface area (Å²) in [6, 6.07) is 14.0. The van der Waals surface area contributed by atoms with Crippen LogP contribution >= 0.6 is 0 Å². The van der Waals surface area contributed by atoms with Gasteiger partial charge in [0.25, 0.3) is 0 Å². The zero-order valence-corrected chi connectivity index (χ0v) is 17.2. The molecule has 1 aliphatic rings. The first-order valence-electron chi connectivity index (χ1n) is 9.36. The molecule has 0 spiro atoms. The van der Waals surface area contributed by atoms with E-state index in [0.717, 1.165) is 11.1 Å². The van der Waals surface area contributed by atoms with E-state index in [2.05, 4.69) is 5.32 Å². The zero-order valence-electron chi connectivity index (χ0n) is 16.4. The summed E-state index contributed by atoms with van der Waals surface area (Å²) in [5.41, 5.74) is 2.60. The lowest BCUT2D eigenvalue weighted by molar-refractivity contribution is -0.115. The predicted octanol–water partition coefficient (Wildman–Crippen LogP) is 2.97. The van der Waals surface area contributed by atoms with Crippen LogP contribution in [0, 0.1) is 6.92 Å². The van der Waals surface area contributed by atoms with Gasteiger partial charge in [0.15, 0.2) is 0 Å². The summed E-state index contributed by atoms with van der Waals surface area (Å²) < 4.78 is 32.8. The predicted molar refractivity (Wildman–Crippen MR) is 109 cm³/mol. The van der Waals surface area contributed by atoms with Crippen molar-refractivity contribution in [3.05, 3.63) is 59.7 Å². The standard InChI is InChI=1S/C21H26N2O4S/c1-15-6-4-5-7-18(15)12-21(24)22-19-8-10-20(11-9-19)28(25,26)23-13-16(2)27-17(3)14-23/h4-11,16-17H,12-14H2,1-3H3,(H,22,24). The zero-order chi connectivity index (χ0) is 20.3. The van der Waals surface area contributed by atoms with Gasteiger partial charge >= 0.3 is 0 Å². The lowest BCUT2D eigenvalue weighted by Crippen LogP contribution is -2.48. The third-order valence-corrected chi connectivity index (χ3v) is 6.62. The summed E-state index contributed by atoms with van der Waals surface area (Å²) in [5.74, 6) is -0.138. The number of ether oxygens (including phenoxy) is 1. The molecule has 1 fully saturated rings.